The highest BCUT2D eigenvalue weighted by atomic mass is 79.9. The van der Waals surface area contributed by atoms with E-state index in [1.807, 2.05) is 31.2 Å². The summed E-state index contributed by atoms with van der Waals surface area (Å²) >= 11 is 3.38. The molecular weight excluding hydrogens is 304 g/mol. The van der Waals surface area contributed by atoms with E-state index in [1.165, 1.54) is 0 Å². The van der Waals surface area contributed by atoms with Gasteiger partial charge in [-0.1, -0.05) is 28.1 Å². The lowest BCUT2D eigenvalue weighted by molar-refractivity contribution is -0.123. The van der Waals surface area contributed by atoms with Crippen LogP contribution in [0.4, 0.5) is 0 Å². The number of rotatable bonds is 3. The molecule has 1 aromatic carbocycles. The topological polar surface area (TPSA) is 55.1 Å². The molecule has 1 aliphatic rings. The quantitative estimate of drug-likeness (QED) is 0.899. The van der Waals surface area contributed by atoms with Crippen molar-refractivity contribution >= 4 is 34.2 Å². The van der Waals surface area contributed by atoms with Crippen LogP contribution >= 0.6 is 28.3 Å². The SMILES string of the molecule is CC(NC(=O)C1(N)CC1)c1ccc(Br)cc1.Cl. The lowest BCUT2D eigenvalue weighted by atomic mass is 10.1. The monoisotopic (exact) mass is 318 g/mol. The van der Waals surface area contributed by atoms with E-state index >= 15 is 0 Å². The van der Waals surface area contributed by atoms with Gasteiger partial charge in [0.15, 0.2) is 0 Å². The van der Waals surface area contributed by atoms with Crippen molar-refractivity contribution in [2.75, 3.05) is 0 Å². The summed E-state index contributed by atoms with van der Waals surface area (Å²) in [7, 11) is 0. The summed E-state index contributed by atoms with van der Waals surface area (Å²) in [5.74, 6) is -0.0390. The lowest BCUT2D eigenvalue weighted by Gasteiger charge is -2.17. The minimum Gasteiger partial charge on any atom is -0.348 e. The Morgan fingerprint density at radius 3 is 2.41 bits per heavy atom. The maximum absolute atomic E-state index is 11.7. The first-order valence-corrected chi connectivity index (χ1v) is 6.16. The van der Waals surface area contributed by atoms with E-state index in [4.69, 9.17) is 5.73 Å². The van der Waals surface area contributed by atoms with Crippen LogP contribution in [0.25, 0.3) is 0 Å². The van der Waals surface area contributed by atoms with E-state index in [0.717, 1.165) is 22.9 Å². The molecule has 0 saturated heterocycles. The number of hydrogen-bond acceptors (Lipinski definition) is 2. The van der Waals surface area contributed by atoms with E-state index in [0.29, 0.717) is 0 Å². The highest BCUT2D eigenvalue weighted by Crippen LogP contribution is 2.32. The molecule has 0 heterocycles. The van der Waals surface area contributed by atoms with E-state index in [2.05, 4.69) is 21.2 Å². The van der Waals surface area contributed by atoms with Gasteiger partial charge in [0.05, 0.1) is 11.6 Å². The van der Waals surface area contributed by atoms with E-state index in [9.17, 15) is 4.79 Å². The highest BCUT2D eigenvalue weighted by molar-refractivity contribution is 9.10. The summed E-state index contributed by atoms with van der Waals surface area (Å²) in [5.41, 5.74) is 6.31. The van der Waals surface area contributed by atoms with Gasteiger partial charge in [-0.15, -0.1) is 12.4 Å². The maximum Gasteiger partial charge on any atom is 0.240 e. The van der Waals surface area contributed by atoms with Gasteiger partial charge in [-0.2, -0.15) is 0 Å². The van der Waals surface area contributed by atoms with Crippen LogP contribution in [-0.2, 0) is 4.79 Å². The Morgan fingerprint density at radius 1 is 1.41 bits per heavy atom. The number of nitrogens with two attached hydrogens (primary N) is 1. The lowest BCUT2D eigenvalue weighted by Crippen LogP contribution is -2.43. The number of nitrogens with one attached hydrogen (secondary N) is 1. The zero-order valence-corrected chi connectivity index (χ0v) is 12.0. The second kappa shape index (κ2) is 5.38. The average Bonchev–Trinajstić information content (AvgIpc) is 2.99. The Morgan fingerprint density at radius 2 is 1.94 bits per heavy atom. The molecule has 0 bridgehead atoms. The van der Waals surface area contributed by atoms with Gasteiger partial charge in [0.1, 0.15) is 0 Å². The van der Waals surface area contributed by atoms with E-state index in [1.54, 1.807) is 0 Å². The largest absolute Gasteiger partial charge is 0.348 e. The summed E-state index contributed by atoms with van der Waals surface area (Å²) in [4.78, 5) is 11.7. The second-order valence-corrected chi connectivity index (χ2v) is 5.32. The normalized spacial score (nSPS) is 17.8. The zero-order valence-electron chi connectivity index (χ0n) is 9.57. The van der Waals surface area contributed by atoms with Crippen LogP contribution in [0, 0.1) is 0 Å². The summed E-state index contributed by atoms with van der Waals surface area (Å²) in [6.45, 7) is 1.97. The van der Waals surface area contributed by atoms with Crippen molar-refractivity contribution in [3.05, 3.63) is 34.3 Å². The summed E-state index contributed by atoms with van der Waals surface area (Å²) in [6, 6.07) is 7.92. The van der Waals surface area contributed by atoms with Gasteiger partial charge in [-0.05, 0) is 37.5 Å². The Balaban J connectivity index is 0.00000144. The van der Waals surface area contributed by atoms with Crippen LogP contribution in [0.15, 0.2) is 28.7 Å². The van der Waals surface area contributed by atoms with Crippen LogP contribution in [0.5, 0.6) is 0 Å². The average molecular weight is 320 g/mol. The van der Waals surface area contributed by atoms with Crippen molar-refractivity contribution in [1.29, 1.82) is 0 Å². The van der Waals surface area contributed by atoms with Gasteiger partial charge in [-0.25, -0.2) is 0 Å². The van der Waals surface area contributed by atoms with Crippen molar-refractivity contribution in [2.24, 2.45) is 5.73 Å². The molecule has 0 aliphatic heterocycles. The Hall–Kier alpha value is -0.580. The van der Waals surface area contributed by atoms with E-state index < -0.39 is 5.54 Å². The van der Waals surface area contributed by atoms with Gasteiger partial charge < -0.3 is 11.1 Å². The molecule has 1 aliphatic carbocycles. The molecule has 1 atom stereocenters. The number of amides is 1. The van der Waals surface area contributed by atoms with Crippen molar-refractivity contribution in [2.45, 2.75) is 31.3 Å². The molecule has 0 radical (unpaired) electrons. The molecule has 5 heteroatoms. The van der Waals surface area contributed by atoms with Gasteiger partial charge in [0, 0.05) is 4.47 Å². The smallest absolute Gasteiger partial charge is 0.240 e. The molecule has 3 nitrogen and oxygen atoms in total. The molecule has 1 unspecified atom stereocenters. The Bertz CT molecular complexity index is 403. The molecule has 0 spiro atoms. The third-order valence-corrected chi connectivity index (χ3v) is 3.49. The molecule has 17 heavy (non-hydrogen) atoms. The van der Waals surface area contributed by atoms with Crippen LogP contribution in [0.3, 0.4) is 0 Å². The maximum atomic E-state index is 11.7. The Labute approximate surface area is 116 Å². The zero-order chi connectivity index (χ0) is 11.8. The van der Waals surface area contributed by atoms with Crippen molar-refractivity contribution in [1.82, 2.24) is 5.32 Å². The third-order valence-electron chi connectivity index (χ3n) is 2.96. The standard InChI is InChI=1S/C12H15BrN2O.ClH/c1-8(9-2-4-10(13)5-3-9)15-11(16)12(14)6-7-12;/h2-5,8H,6-7,14H2,1H3,(H,15,16);1H. The van der Waals surface area contributed by atoms with Crippen molar-refractivity contribution in [3.8, 4) is 0 Å². The van der Waals surface area contributed by atoms with Gasteiger partial charge in [-0.3, -0.25) is 4.79 Å². The molecule has 1 fully saturated rings. The first-order valence-electron chi connectivity index (χ1n) is 5.36. The molecule has 0 aromatic heterocycles. The minimum absolute atomic E-state index is 0. The number of carbonyl (C=O) groups is 1. The molecule has 1 aromatic rings. The predicted molar refractivity (Wildman–Crippen MR) is 74.1 cm³/mol. The first-order chi connectivity index (χ1) is 7.51. The number of carbonyl (C=O) groups excluding carboxylic acids is 1. The van der Waals surface area contributed by atoms with Crippen LogP contribution in [0.1, 0.15) is 31.4 Å². The molecule has 3 N–H and O–H groups in total. The van der Waals surface area contributed by atoms with Crippen molar-refractivity contribution < 1.29 is 4.79 Å². The van der Waals surface area contributed by atoms with Crippen LogP contribution in [0.2, 0.25) is 0 Å². The minimum atomic E-state index is -0.594. The van der Waals surface area contributed by atoms with Crippen LogP contribution in [-0.4, -0.2) is 11.4 Å². The molecule has 94 valence electrons. The van der Waals surface area contributed by atoms with Crippen molar-refractivity contribution in [3.63, 3.8) is 0 Å². The fourth-order valence-electron chi connectivity index (χ4n) is 1.54. The summed E-state index contributed by atoms with van der Waals surface area (Å²) in [6.07, 6.45) is 1.60. The van der Waals surface area contributed by atoms with Gasteiger partial charge in [0.2, 0.25) is 5.91 Å². The first kappa shape index (κ1) is 14.5. The molecule has 1 saturated carbocycles. The highest BCUT2D eigenvalue weighted by Gasteiger charge is 2.46. The summed E-state index contributed by atoms with van der Waals surface area (Å²) in [5, 5.41) is 2.94. The fourth-order valence-corrected chi connectivity index (χ4v) is 1.80. The fraction of sp³-hybridized carbons (Fsp3) is 0.417. The van der Waals surface area contributed by atoms with Gasteiger partial charge >= 0.3 is 0 Å². The van der Waals surface area contributed by atoms with E-state index in [-0.39, 0.29) is 24.4 Å². The summed E-state index contributed by atoms with van der Waals surface area (Å²) < 4.78 is 1.03. The van der Waals surface area contributed by atoms with Gasteiger partial charge in [0.25, 0.3) is 0 Å². The number of benzene rings is 1. The predicted octanol–water partition coefficient (Wildman–Crippen LogP) is 2.54. The Kier molecular flexibility index (Phi) is 4.58. The molecular formula is C12H16BrClN2O. The number of hydrogen-bond donors (Lipinski definition) is 2. The second-order valence-electron chi connectivity index (χ2n) is 4.40. The third kappa shape index (κ3) is 3.44. The molecule has 1 amide bonds. The number of halogens is 2. The van der Waals surface area contributed by atoms with Crippen LogP contribution < -0.4 is 11.1 Å². The molecule has 2 rings (SSSR count).